The first kappa shape index (κ1) is 8.04. The lowest BCUT2D eigenvalue weighted by molar-refractivity contribution is 0.308. The third-order valence-corrected chi connectivity index (χ3v) is 1.99. The second kappa shape index (κ2) is 3.37. The minimum Gasteiger partial charge on any atom is -0.411 e. The number of nitrogens with zero attached hydrogens (tertiary/aromatic N) is 2. The van der Waals surface area contributed by atoms with Crippen LogP contribution in [0.3, 0.4) is 0 Å². The Balaban J connectivity index is 2.72. The molecule has 0 radical (unpaired) electrons. The number of hydrogen-bond donors (Lipinski definition) is 2. The van der Waals surface area contributed by atoms with Crippen molar-refractivity contribution >= 4 is 11.4 Å². The fourth-order valence-electron chi connectivity index (χ4n) is 1.28. The molecule has 0 bridgehead atoms. The Morgan fingerprint density at radius 3 is 2.45 bits per heavy atom. The summed E-state index contributed by atoms with van der Waals surface area (Å²) < 4.78 is 0. The second-order valence-electron chi connectivity index (χ2n) is 2.94. The van der Waals surface area contributed by atoms with Gasteiger partial charge in [0.15, 0.2) is 0 Å². The van der Waals surface area contributed by atoms with E-state index in [9.17, 15) is 0 Å². The quantitative estimate of drug-likeness (QED) is 0.412. The topological polar surface area (TPSA) is 65.2 Å². The first-order chi connectivity index (χ1) is 5.27. The zero-order valence-corrected chi connectivity index (χ0v) is 6.49. The summed E-state index contributed by atoms with van der Waals surface area (Å²) in [5.41, 5.74) is 1.04. The predicted molar refractivity (Wildman–Crippen MR) is 41.5 cm³/mol. The lowest BCUT2D eigenvalue weighted by atomic mass is 9.88. The molecule has 4 nitrogen and oxygen atoms in total. The van der Waals surface area contributed by atoms with Gasteiger partial charge >= 0.3 is 0 Å². The van der Waals surface area contributed by atoms with Gasteiger partial charge in [-0.25, -0.2) is 0 Å². The summed E-state index contributed by atoms with van der Waals surface area (Å²) >= 11 is 0. The van der Waals surface area contributed by atoms with Crippen molar-refractivity contribution in [3.8, 4) is 0 Å². The van der Waals surface area contributed by atoms with E-state index in [-0.39, 0.29) is 0 Å². The van der Waals surface area contributed by atoms with Gasteiger partial charge in [0.1, 0.15) is 11.4 Å². The Bertz CT molecular complexity index is 199. The van der Waals surface area contributed by atoms with Crippen molar-refractivity contribution in [2.45, 2.75) is 26.2 Å². The van der Waals surface area contributed by atoms with Crippen LogP contribution >= 0.6 is 0 Å². The Morgan fingerprint density at radius 1 is 1.27 bits per heavy atom. The van der Waals surface area contributed by atoms with E-state index in [0.717, 1.165) is 6.42 Å². The molecule has 0 heterocycles. The first-order valence-corrected chi connectivity index (χ1v) is 3.70. The van der Waals surface area contributed by atoms with E-state index in [4.69, 9.17) is 10.4 Å². The van der Waals surface area contributed by atoms with Crippen molar-refractivity contribution < 1.29 is 10.4 Å². The Kier molecular flexibility index (Phi) is 2.46. The third-order valence-electron chi connectivity index (χ3n) is 1.99. The summed E-state index contributed by atoms with van der Waals surface area (Å²) in [4.78, 5) is 0. The van der Waals surface area contributed by atoms with E-state index in [0.29, 0.717) is 30.2 Å². The fourth-order valence-corrected chi connectivity index (χ4v) is 1.28. The lowest BCUT2D eigenvalue weighted by Crippen LogP contribution is -2.23. The van der Waals surface area contributed by atoms with E-state index >= 15 is 0 Å². The standard InChI is InChI=1S/C7H12N2O2/c1-5-2-3-6(8-10)7(4-5)9-11/h5,10-11H,2-4H2,1H3/b8-6-,9-7+/t5-/m1/s1. The summed E-state index contributed by atoms with van der Waals surface area (Å²) in [6.45, 7) is 2.08. The zero-order chi connectivity index (χ0) is 8.27. The third kappa shape index (κ3) is 1.69. The molecule has 0 amide bonds. The molecule has 1 aliphatic carbocycles. The van der Waals surface area contributed by atoms with E-state index < -0.39 is 0 Å². The van der Waals surface area contributed by atoms with E-state index in [1.807, 2.05) is 0 Å². The molecule has 0 aromatic rings. The molecule has 0 saturated heterocycles. The van der Waals surface area contributed by atoms with Gasteiger partial charge in [-0.15, -0.1) is 0 Å². The van der Waals surface area contributed by atoms with Gasteiger partial charge in [-0.2, -0.15) is 0 Å². The monoisotopic (exact) mass is 156 g/mol. The van der Waals surface area contributed by atoms with Crippen molar-refractivity contribution in [2.24, 2.45) is 16.2 Å². The predicted octanol–water partition coefficient (Wildman–Crippen LogP) is 1.47. The maximum absolute atomic E-state index is 8.51. The van der Waals surface area contributed by atoms with Crippen LogP contribution in [0.2, 0.25) is 0 Å². The average molecular weight is 156 g/mol. The number of oxime groups is 2. The van der Waals surface area contributed by atoms with Gasteiger partial charge in [0.05, 0.1) is 0 Å². The van der Waals surface area contributed by atoms with E-state index in [1.54, 1.807) is 0 Å². The van der Waals surface area contributed by atoms with Crippen LogP contribution in [0.15, 0.2) is 10.3 Å². The van der Waals surface area contributed by atoms with Crippen LogP contribution in [0.1, 0.15) is 26.2 Å². The van der Waals surface area contributed by atoms with Crippen LogP contribution in [0.25, 0.3) is 0 Å². The van der Waals surface area contributed by atoms with Crippen molar-refractivity contribution in [1.29, 1.82) is 0 Å². The molecule has 1 rings (SSSR count). The lowest BCUT2D eigenvalue weighted by Gasteiger charge is -2.18. The Labute approximate surface area is 65.2 Å². The highest BCUT2D eigenvalue weighted by molar-refractivity contribution is 6.42. The summed E-state index contributed by atoms with van der Waals surface area (Å²) in [5.74, 6) is 0.520. The van der Waals surface area contributed by atoms with Crippen LogP contribution in [0.5, 0.6) is 0 Å². The van der Waals surface area contributed by atoms with E-state index in [2.05, 4.69) is 17.2 Å². The molecule has 1 aliphatic rings. The van der Waals surface area contributed by atoms with Gasteiger partial charge in [-0.05, 0) is 25.2 Å². The molecule has 0 aliphatic heterocycles. The van der Waals surface area contributed by atoms with Crippen LogP contribution in [-0.4, -0.2) is 21.8 Å². The SMILES string of the molecule is C[C@@H]1CCC(=N/O)/C(=N/O)C1. The molecular formula is C7H12N2O2. The molecule has 0 aromatic heterocycles. The maximum atomic E-state index is 8.51. The normalized spacial score (nSPS) is 33.0. The van der Waals surface area contributed by atoms with Gasteiger partial charge in [0, 0.05) is 0 Å². The second-order valence-corrected chi connectivity index (χ2v) is 2.94. The van der Waals surface area contributed by atoms with Gasteiger partial charge in [0.2, 0.25) is 0 Å². The van der Waals surface area contributed by atoms with Crippen LogP contribution in [0.4, 0.5) is 0 Å². The highest BCUT2D eigenvalue weighted by Gasteiger charge is 2.20. The van der Waals surface area contributed by atoms with Gasteiger partial charge in [-0.1, -0.05) is 17.2 Å². The van der Waals surface area contributed by atoms with Crippen LogP contribution in [0, 0.1) is 5.92 Å². The summed E-state index contributed by atoms with van der Waals surface area (Å²) in [5, 5.41) is 23.1. The van der Waals surface area contributed by atoms with E-state index in [1.165, 1.54) is 0 Å². The Hall–Kier alpha value is -1.06. The van der Waals surface area contributed by atoms with Crippen LogP contribution < -0.4 is 0 Å². The number of hydrogen-bond acceptors (Lipinski definition) is 4. The summed E-state index contributed by atoms with van der Waals surface area (Å²) in [6, 6.07) is 0. The Morgan fingerprint density at radius 2 is 1.91 bits per heavy atom. The molecule has 1 atom stereocenters. The van der Waals surface area contributed by atoms with Gasteiger partial charge in [-0.3, -0.25) is 0 Å². The number of rotatable bonds is 0. The molecule has 0 aromatic carbocycles. The summed E-state index contributed by atoms with van der Waals surface area (Å²) in [7, 11) is 0. The van der Waals surface area contributed by atoms with Crippen molar-refractivity contribution in [1.82, 2.24) is 0 Å². The van der Waals surface area contributed by atoms with Gasteiger partial charge in [0.25, 0.3) is 0 Å². The fraction of sp³-hybridized carbons (Fsp3) is 0.714. The average Bonchev–Trinajstić information content (AvgIpc) is 2.04. The van der Waals surface area contributed by atoms with Crippen molar-refractivity contribution in [3.05, 3.63) is 0 Å². The first-order valence-electron chi connectivity index (χ1n) is 3.70. The largest absolute Gasteiger partial charge is 0.411 e. The van der Waals surface area contributed by atoms with Gasteiger partial charge < -0.3 is 10.4 Å². The smallest absolute Gasteiger partial charge is 0.105 e. The molecule has 0 spiro atoms. The molecule has 0 unspecified atom stereocenters. The highest BCUT2D eigenvalue weighted by Crippen LogP contribution is 2.19. The molecule has 2 N–H and O–H groups in total. The molecule has 1 fully saturated rings. The molecule has 11 heavy (non-hydrogen) atoms. The molecule has 1 saturated carbocycles. The summed E-state index contributed by atoms with van der Waals surface area (Å²) in [6.07, 6.45) is 2.41. The maximum Gasteiger partial charge on any atom is 0.105 e. The van der Waals surface area contributed by atoms with Crippen molar-refractivity contribution in [3.63, 3.8) is 0 Å². The van der Waals surface area contributed by atoms with Crippen molar-refractivity contribution in [2.75, 3.05) is 0 Å². The highest BCUT2D eigenvalue weighted by atomic mass is 16.4. The molecule has 62 valence electrons. The minimum absolute atomic E-state index is 0.519. The minimum atomic E-state index is 0.519. The zero-order valence-electron chi connectivity index (χ0n) is 6.49. The molecular weight excluding hydrogens is 144 g/mol. The molecule has 4 heteroatoms. The van der Waals surface area contributed by atoms with Crippen LogP contribution in [-0.2, 0) is 0 Å².